The summed E-state index contributed by atoms with van der Waals surface area (Å²) in [7, 11) is 0. The predicted octanol–water partition coefficient (Wildman–Crippen LogP) is 2.79. The highest BCUT2D eigenvalue weighted by molar-refractivity contribution is 7.99. The van der Waals surface area contributed by atoms with Crippen molar-refractivity contribution in [2.45, 2.75) is 63.5 Å². The number of nitrogens with one attached hydrogen (secondary N) is 1. The largest absolute Gasteiger partial charge is 0.368 e. The van der Waals surface area contributed by atoms with Crippen molar-refractivity contribution in [3.63, 3.8) is 0 Å². The van der Waals surface area contributed by atoms with Crippen molar-refractivity contribution >= 4 is 23.4 Å². The van der Waals surface area contributed by atoms with Crippen molar-refractivity contribution in [1.82, 2.24) is 5.32 Å². The van der Waals surface area contributed by atoms with Gasteiger partial charge >= 0.3 is 0 Å². The van der Waals surface area contributed by atoms with Gasteiger partial charge in [0.2, 0.25) is 0 Å². The summed E-state index contributed by atoms with van der Waals surface area (Å²) >= 11 is 2.02. The number of hydrogen-bond donors (Lipinski definition) is 1. The van der Waals surface area contributed by atoms with Gasteiger partial charge in [-0.2, -0.15) is 11.8 Å². The summed E-state index contributed by atoms with van der Waals surface area (Å²) in [6, 6.07) is 0. The molecule has 2 aliphatic heterocycles. The van der Waals surface area contributed by atoms with Crippen molar-refractivity contribution in [3.05, 3.63) is 0 Å². The van der Waals surface area contributed by atoms with Crippen LogP contribution in [0.3, 0.4) is 0 Å². The minimum atomic E-state index is -0.106. The van der Waals surface area contributed by atoms with E-state index in [1.807, 2.05) is 11.8 Å². The quantitative estimate of drug-likeness (QED) is 0.742. The molecule has 3 nitrogen and oxygen atoms in total. The molecular formula is C15H24N2OS. The summed E-state index contributed by atoms with van der Waals surface area (Å²) in [4.78, 5) is 17.6. The maximum Gasteiger partial charge on any atom is 0.140 e. The van der Waals surface area contributed by atoms with Crippen LogP contribution >= 0.6 is 11.8 Å². The molecule has 1 spiro atoms. The molecule has 0 amide bonds. The number of rotatable bonds is 0. The summed E-state index contributed by atoms with van der Waals surface area (Å²) in [6.07, 6.45) is 6.24. The van der Waals surface area contributed by atoms with Crippen molar-refractivity contribution < 1.29 is 4.79 Å². The zero-order chi connectivity index (χ0) is 13.5. The fourth-order valence-corrected chi connectivity index (χ4v) is 5.55. The molecule has 4 heteroatoms. The van der Waals surface area contributed by atoms with E-state index in [2.05, 4.69) is 19.2 Å². The molecular weight excluding hydrogens is 256 g/mol. The molecule has 3 aliphatic rings. The third kappa shape index (κ3) is 2.22. The van der Waals surface area contributed by atoms with Gasteiger partial charge in [0.05, 0.1) is 17.3 Å². The van der Waals surface area contributed by atoms with Gasteiger partial charge in [-0.1, -0.05) is 0 Å². The molecule has 3 unspecified atom stereocenters. The Hall–Kier alpha value is -0.510. The molecule has 0 aromatic rings. The average molecular weight is 280 g/mol. The highest BCUT2D eigenvalue weighted by atomic mass is 32.2. The number of fused-ring (bicyclic) bond motifs is 2. The predicted molar refractivity (Wildman–Crippen MR) is 80.9 cm³/mol. The summed E-state index contributed by atoms with van der Waals surface area (Å²) in [5.74, 6) is 3.96. The maximum absolute atomic E-state index is 12.6. The van der Waals surface area contributed by atoms with Gasteiger partial charge in [0.1, 0.15) is 5.78 Å². The number of aliphatic imine (C=N–C) groups is 1. The molecule has 0 aromatic carbocycles. The Balaban J connectivity index is 2.04. The number of carbonyl (C=O) groups is 1. The van der Waals surface area contributed by atoms with Gasteiger partial charge in [0.25, 0.3) is 0 Å². The smallest absolute Gasteiger partial charge is 0.140 e. The molecule has 1 saturated carbocycles. The van der Waals surface area contributed by atoms with Crippen molar-refractivity contribution in [2.75, 3.05) is 11.5 Å². The number of amidine groups is 1. The number of ketones is 1. The lowest BCUT2D eigenvalue weighted by molar-refractivity contribution is -0.131. The van der Waals surface area contributed by atoms with Crippen LogP contribution in [0.4, 0.5) is 0 Å². The van der Waals surface area contributed by atoms with Crippen LogP contribution in [0.5, 0.6) is 0 Å². The molecule has 1 saturated heterocycles. The van der Waals surface area contributed by atoms with Crippen molar-refractivity contribution in [1.29, 1.82) is 0 Å². The number of Topliss-reactive ketones (excluding diaryl/α,β-unsaturated/α-hetero) is 1. The minimum Gasteiger partial charge on any atom is -0.368 e. The average Bonchev–Trinajstić information content (AvgIpc) is 2.53. The van der Waals surface area contributed by atoms with Crippen LogP contribution in [0, 0.1) is 5.92 Å². The van der Waals surface area contributed by atoms with E-state index < -0.39 is 0 Å². The second-order valence-electron chi connectivity index (χ2n) is 6.56. The first-order chi connectivity index (χ1) is 9.06. The Morgan fingerprint density at radius 3 is 2.95 bits per heavy atom. The summed E-state index contributed by atoms with van der Waals surface area (Å²) in [5.41, 5.74) is -0.165. The second kappa shape index (κ2) is 4.80. The first kappa shape index (κ1) is 13.5. The number of nitrogens with zero attached hydrogens (tertiary/aromatic N) is 1. The second-order valence-corrected chi connectivity index (χ2v) is 7.79. The Kier molecular flexibility index (Phi) is 3.40. The topological polar surface area (TPSA) is 41.5 Å². The van der Waals surface area contributed by atoms with E-state index in [1.54, 1.807) is 0 Å². The molecule has 3 rings (SSSR count). The van der Waals surface area contributed by atoms with Crippen LogP contribution in [-0.4, -0.2) is 34.2 Å². The molecule has 19 heavy (non-hydrogen) atoms. The van der Waals surface area contributed by atoms with E-state index in [9.17, 15) is 4.79 Å². The van der Waals surface area contributed by atoms with E-state index in [-0.39, 0.29) is 17.0 Å². The van der Waals surface area contributed by atoms with Gasteiger partial charge in [-0.15, -0.1) is 0 Å². The monoisotopic (exact) mass is 280 g/mol. The lowest BCUT2D eigenvalue weighted by Crippen LogP contribution is -2.66. The molecule has 1 N–H and O–H groups in total. The SMILES string of the molecule is CC1=NC2(CCCSCC2)C2C(=O)CCCC2(C)N1. The summed E-state index contributed by atoms with van der Waals surface area (Å²) in [5, 5.41) is 3.54. The van der Waals surface area contributed by atoms with Gasteiger partial charge in [0.15, 0.2) is 0 Å². The first-order valence-electron chi connectivity index (χ1n) is 7.51. The summed E-state index contributed by atoms with van der Waals surface area (Å²) in [6.45, 7) is 4.31. The molecule has 0 bridgehead atoms. The van der Waals surface area contributed by atoms with Crippen LogP contribution < -0.4 is 5.32 Å². The molecule has 1 aliphatic carbocycles. The standard InChI is InChI=1S/C15H24N2OS/c1-11-16-14(2)6-3-5-12(18)13(14)15(17-11)7-4-9-19-10-8-15/h13H,3-10H2,1-2H3,(H,16,17). The van der Waals surface area contributed by atoms with Crippen molar-refractivity contribution in [3.8, 4) is 0 Å². The van der Waals surface area contributed by atoms with E-state index in [1.165, 1.54) is 12.2 Å². The third-order valence-electron chi connectivity index (χ3n) is 5.05. The van der Waals surface area contributed by atoms with Gasteiger partial charge < -0.3 is 5.32 Å². The molecule has 0 radical (unpaired) electrons. The molecule has 2 heterocycles. The first-order valence-corrected chi connectivity index (χ1v) is 8.66. The van der Waals surface area contributed by atoms with Crippen LogP contribution in [-0.2, 0) is 4.79 Å². The Morgan fingerprint density at radius 1 is 1.26 bits per heavy atom. The zero-order valence-corrected chi connectivity index (χ0v) is 12.8. The maximum atomic E-state index is 12.6. The Bertz CT molecular complexity index is 412. The zero-order valence-electron chi connectivity index (χ0n) is 12.0. The number of hydrogen-bond acceptors (Lipinski definition) is 4. The van der Waals surface area contributed by atoms with Gasteiger partial charge in [-0.3, -0.25) is 9.79 Å². The highest BCUT2D eigenvalue weighted by Gasteiger charge is 2.56. The van der Waals surface area contributed by atoms with E-state index >= 15 is 0 Å². The summed E-state index contributed by atoms with van der Waals surface area (Å²) < 4.78 is 0. The van der Waals surface area contributed by atoms with Gasteiger partial charge in [0, 0.05) is 12.0 Å². The molecule has 106 valence electrons. The number of thioether (sulfide) groups is 1. The van der Waals surface area contributed by atoms with Crippen LogP contribution in [0.2, 0.25) is 0 Å². The highest BCUT2D eigenvalue weighted by Crippen LogP contribution is 2.47. The van der Waals surface area contributed by atoms with E-state index in [0.717, 1.165) is 43.7 Å². The van der Waals surface area contributed by atoms with Gasteiger partial charge in [-0.05, 0) is 57.5 Å². The molecule has 0 aromatic heterocycles. The Labute approximate surface area is 120 Å². The fraction of sp³-hybridized carbons (Fsp3) is 0.867. The van der Waals surface area contributed by atoms with Crippen molar-refractivity contribution in [2.24, 2.45) is 10.9 Å². The molecule has 2 fully saturated rings. The lowest BCUT2D eigenvalue weighted by atomic mass is 9.61. The minimum absolute atomic E-state index is 0.0594. The van der Waals surface area contributed by atoms with Gasteiger partial charge in [-0.25, -0.2) is 0 Å². The van der Waals surface area contributed by atoms with E-state index in [0.29, 0.717) is 5.78 Å². The Morgan fingerprint density at radius 2 is 2.11 bits per heavy atom. The number of carbonyl (C=O) groups excluding carboxylic acids is 1. The normalized spacial score (nSPS) is 43.2. The fourth-order valence-electron chi connectivity index (χ4n) is 4.50. The third-order valence-corrected chi connectivity index (χ3v) is 6.12. The van der Waals surface area contributed by atoms with E-state index in [4.69, 9.17) is 4.99 Å². The molecule has 3 atom stereocenters. The van der Waals surface area contributed by atoms with Crippen LogP contribution in [0.25, 0.3) is 0 Å². The van der Waals surface area contributed by atoms with Crippen LogP contribution in [0.15, 0.2) is 4.99 Å². The lowest BCUT2D eigenvalue weighted by Gasteiger charge is -2.53. The van der Waals surface area contributed by atoms with Crippen LogP contribution in [0.1, 0.15) is 52.4 Å².